The van der Waals surface area contributed by atoms with Crippen molar-refractivity contribution in [3.63, 3.8) is 0 Å². The molecule has 2 rings (SSSR count). The molecule has 4 atom stereocenters. The van der Waals surface area contributed by atoms with Gasteiger partial charge in [-0.1, -0.05) is 13.8 Å². The van der Waals surface area contributed by atoms with E-state index in [4.69, 9.17) is 10.8 Å². The lowest BCUT2D eigenvalue weighted by atomic mass is 9.76. The third-order valence-electron chi connectivity index (χ3n) is 4.86. The van der Waals surface area contributed by atoms with Crippen LogP contribution in [0.3, 0.4) is 0 Å². The Labute approximate surface area is 147 Å². The number of nitrogens with two attached hydrogens (primary N) is 1. The van der Waals surface area contributed by atoms with Crippen molar-refractivity contribution in [3.8, 4) is 0 Å². The summed E-state index contributed by atoms with van der Waals surface area (Å²) >= 11 is 0. The Hall–Kier alpha value is -1.99. The highest BCUT2D eigenvalue weighted by Crippen LogP contribution is 2.35. The van der Waals surface area contributed by atoms with Crippen molar-refractivity contribution in [2.75, 3.05) is 13.1 Å². The van der Waals surface area contributed by atoms with E-state index in [9.17, 15) is 14.0 Å². The molecule has 3 unspecified atom stereocenters. The third-order valence-corrected chi connectivity index (χ3v) is 4.86. The summed E-state index contributed by atoms with van der Waals surface area (Å²) in [6, 6.07) is 3.39. The van der Waals surface area contributed by atoms with Crippen LogP contribution in [0.1, 0.15) is 48.5 Å². The van der Waals surface area contributed by atoms with Crippen molar-refractivity contribution in [2.45, 2.75) is 44.7 Å². The van der Waals surface area contributed by atoms with E-state index >= 15 is 0 Å². The molecule has 1 aromatic carbocycles. The summed E-state index contributed by atoms with van der Waals surface area (Å²) in [6.07, 6.45) is 1.91. The van der Waals surface area contributed by atoms with Gasteiger partial charge in [0.15, 0.2) is 0 Å². The van der Waals surface area contributed by atoms with Gasteiger partial charge < -0.3 is 21.5 Å². The number of piperidine rings is 1. The molecular weight excluding hydrogens is 325 g/mol. The van der Waals surface area contributed by atoms with Crippen LogP contribution in [0.5, 0.6) is 0 Å². The number of halogens is 1. The van der Waals surface area contributed by atoms with Gasteiger partial charge in [-0.05, 0) is 49.1 Å². The highest BCUT2D eigenvalue weighted by molar-refractivity contribution is 5.94. The van der Waals surface area contributed by atoms with Crippen LogP contribution in [0.4, 0.5) is 4.39 Å². The van der Waals surface area contributed by atoms with Crippen molar-refractivity contribution in [3.05, 3.63) is 35.1 Å². The summed E-state index contributed by atoms with van der Waals surface area (Å²) in [4.78, 5) is 23.0. The quantitative estimate of drug-likeness (QED) is 0.621. The van der Waals surface area contributed by atoms with E-state index in [0.29, 0.717) is 5.92 Å². The second-order valence-electron chi connectivity index (χ2n) is 6.69. The van der Waals surface area contributed by atoms with Crippen molar-refractivity contribution in [2.24, 2.45) is 11.7 Å². The average molecular weight is 351 g/mol. The van der Waals surface area contributed by atoms with Gasteiger partial charge in [0.05, 0.1) is 0 Å². The van der Waals surface area contributed by atoms with Crippen molar-refractivity contribution >= 4 is 11.9 Å². The highest BCUT2D eigenvalue weighted by Gasteiger charge is 2.31. The first-order valence-corrected chi connectivity index (χ1v) is 8.64. The Bertz CT molecular complexity index is 638. The number of aliphatic carboxylic acids is 1. The van der Waals surface area contributed by atoms with Gasteiger partial charge >= 0.3 is 5.97 Å². The van der Waals surface area contributed by atoms with Gasteiger partial charge in [0, 0.05) is 24.1 Å². The average Bonchev–Trinajstić information content (AvgIpc) is 2.58. The minimum atomic E-state index is -1.20. The maximum absolute atomic E-state index is 14.1. The van der Waals surface area contributed by atoms with Crippen molar-refractivity contribution < 1.29 is 19.1 Å². The molecule has 1 aromatic rings. The molecule has 0 aromatic heterocycles. The molecular formula is C18H26FN3O3. The zero-order chi connectivity index (χ0) is 18.6. The fourth-order valence-electron chi connectivity index (χ4n) is 3.49. The van der Waals surface area contributed by atoms with Crippen molar-refractivity contribution in [1.82, 2.24) is 10.6 Å². The maximum atomic E-state index is 14.1. The Morgan fingerprint density at radius 2 is 2.16 bits per heavy atom. The van der Waals surface area contributed by atoms with Crippen LogP contribution in [0.25, 0.3) is 0 Å². The first kappa shape index (κ1) is 19.3. The van der Waals surface area contributed by atoms with Gasteiger partial charge in [-0.2, -0.15) is 0 Å². The molecule has 25 heavy (non-hydrogen) atoms. The summed E-state index contributed by atoms with van der Waals surface area (Å²) in [5.74, 6) is -1.69. The number of hydrogen-bond acceptors (Lipinski definition) is 4. The standard InChI is InChI=1S/C18H26FN3O3/c1-3-15-16(10(2)4-5-21-15)11-6-12(8-13(19)7-11)17(23)22-9-14(20)18(24)25/h6-8,10,14-16,21H,3-5,9,20H2,1-2H3,(H,22,23)(H,24,25)/t10?,14-,15?,16?/m1/s1. The van der Waals surface area contributed by atoms with Crippen LogP contribution in [0.15, 0.2) is 18.2 Å². The molecule has 1 saturated heterocycles. The van der Waals surface area contributed by atoms with Crippen LogP contribution in [-0.2, 0) is 4.79 Å². The molecule has 6 nitrogen and oxygen atoms in total. The number of carbonyl (C=O) groups is 2. The number of carboxylic acids is 1. The third kappa shape index (κ3) is 4.76. The fourth-order valence-corrected chi connectivity index (χ4v) is 3.49. The predicted octanol–water partition coefficient (Wildman–Crippen LogP) is 1.46. The van der Waals surface area contributed by atoms with E-state index < -0.39 is 23.7 Å². The van der Waals surface area contributed by atoms with E-state index in [1.54, 1.807) is 6.07 Å². The van der Waals surface area contributed by atoms with Gasteiger partial charge in [0.2, 0.25) is 0 Å². The predicted molar refractivity (Wildman–Crippen MR) is 92.9 cm³/mol. The number of carboxylic acid groups (broad SMARTS) is 1. The SMILES string of the molecule is CCC1NCCC(C)C1c1cc(F)cc(C(=O)NC[C@@H](N)C(=O)O)c1. The largest absolute Gasteiger partial charge is 0.480 e. The topological polar surface area (TPSA) is 104 Å². The number of benzene rings is 1. The summed E-state index contributed by atoms with van der Waals surface area (Å²) < 4.78 is 14.1. The molecule has 1 aliphatic rings. The van der Waals surface area contributed by atoms with Crippen LogP contribution < -0.4 is 16.4 Å². The van der Waals surface area contributed by atoms with Crippen LogP contribution in [0.2, 0.25) is 0 Å². The Balaban J connectivity index is 2.21. The van der Waals surface area contributed by atoms with E-state index in [-0.39, 0.29) is 24.1 Å². The summed E-state index contributed by atoms with van der Waals surface area (Å²) in [5, 5.41) is 14.7. The lowest BCUT2D eigenvalue weighted by molar-refractivity contribution is -0.138. The van der Waals surface area contributed by atoms with E-state index in [1.165, 1.54) is 6.07 Å². The molecule has 1 heterocycles. The van der Waals surface area contributed by atoms with Crippen molar-refractivity contribution in [1.29, 1.82) is 0 Å². The van der Waals surface area contributed by atoms with Gasteiger partial charge in [-0.25, -0.2) is 4.39 Å². The molecule has 1 fully saturated rings. The molecule has 138 valence electrons. The smallest absolute Gasteiger partial charge is 0.322 e. The number of nitrogens with one attached hydrogen (secondary N) is 2. The van der Waals surface area contributed by atoms with Gasteiger partial charge in [-0.15, -0.1) is 0 Å². The normalized spacial score (nSPS) is 24.6. The van der Waals surface area contributed by atoms with Gasteiger partial charge in [0.25, 0.3) is 5.91 Å². The Kier molecular flexibility index (Phi) is 6.50. The molecule has 7 heteroatoms. The second-order valence-corrected chi connectivity index (χ2v) is 6.69. The fraction of sp³-hybridized carbons (Fsp3) is 0.556. The number of rotatable bonds is 6. The summed E-state index contributed by atoms with van der Waals surface area (Å²) in [5.41, 5.74) is 6.35. The zero-order valence-corrected chi connectivity index (χ0v) is 14.6. The second kappa shape index (κ2) is 8.40. The molecule has 0 spiro atoms. The minimum Gasteiger partial charge on any atom is -0.480 e. The first-order chi connectivity index (χ1) is 11.8. The lowest BCUT2D eigenvalue weighted by Crippen LogP contribution is -2.43. The first-order valence-electron chi connectivity index (χ1n) is 8.64. The van der Waals surface area contributed by atoms with E-state index in [2.05, 4.69) is 24.5 Å². The number of amides is 1. The highest BCUT2D eigenvalue weighted by atomic mass is 19.1. The van der Waals surface area contributed by atoms with Crippen LogP contribution in [-0.4, -0.2) is 42.2 Å². The maximum Gasteiger partial charge on any atom is 0.322 e. The van der Waals surface area contributed by atoms with Gasteiger partial charge in [-0.3, -0.25) is 9.59 Å². The monoisotopic (exact) mass is 351 g/mol. The molecule has 1 aliphatic heterocycles. The molecule has 0 bridgehead atoms. The Morgan fingerprint density at radius 1 is 1.44 bits per heavy atom. The molecule has 1 amide bonds. The van der Waals surface area contributed by atoms with E-state index in [1.807, 2.05) is 0 Å². The Morgan fingerprint density at radius 3 is 2.80 bits per heavy atom. The summed E-state index contributed by atoms with van der Waals surface area (Å²) in [7, 11) is 0. The molecule has 0 radical (unpaired) electrons. The van der Waals surface area contributed by atoms with E-state index in [0.717, 1.165) is 31.0 Å². The number of carbonyl (C=O) groups excluding carboxylic acids is 1. The van der Waals surface area contributed by atoms with Crippen LogP contribution in [0, 0.1) is 11.7 Å². The van der Waals surface area contributed by atoms with Crippen LogP contribution >= 0.6 is 0 Å². The summed E-state index contributed by atoms with van der Waals surface area (Å²) in [6.45, 7) is 4.96. The molecule has 0 saturated carbocycles. The lowest BCUT2D eigenvalue weighted by Gasteiger charge is -2.37. The number of hydrogen-bond donors (Lipinski definition) is 4. The minimum absolute atomic E-state index is 0.127. The molecule has 5 N–H and O–H groups in total. The zero-order valence-electron chi connectivity index (χ0n) is 14.6. The van der Waals surface area contributed by atoms with Gasteiger partial charge in [0.1, 0.15) is 11.9 Å². The molecule has 0 aliphatic carbocycles.